The molecule has 2 saturated carbocycles. The topological polar surface area (TPSA) is 17.1 Å². The molecule has 0 heterocycles. The Labute approximate surface area is 119 Å². The van der Waals surface area contributed by atoms with E-state index in [1.165, 1.54) is 6.42 Å². The number of carbonyl (C=O) groups is 1. The molecular formula is C16H25F3O. The molecule has 20 heavy (non-hydrogen) atoms. The van der Waals surface area contributed by atoms with Gasteiger partial charge in [-0.3, -0.25) is 4.79 Å². The standard InChI is InChI=1S/C16H25F3O/c1-2-11-5-3-4-6-14(11)15(20)12-7-9-13(10-8-12)16(17,18)19/h11-14H,2-10H2,1H3. The van der Waals surface area contributed by atoms with Crippen molar-refractivity contribution in [1.29, 1.82) is 0 Å². The van der Waals surface area contributed by atoms with Crippen LogP contribution in [0.1, 0.15) is 64.7 Å². The fourth-order valence-corrected chi connectivity index (χ4v) is 4.08. The number of ketones is 1. The number of alkyl halides is 3. The van der Waals surface area contributed by atoms with Gasteiger partial charge >= 0.3 is 6.18 Å². The smallest absolute Gasteiger partial charge is 0.299 e. The molecule has 2 fully saturated rings. The Hall–Kier alpha value is -0.540. The molecule has 2 unspecified atom stereocenters. The third-order valence-electron chi connectivity index (χ3n) is 5.39. The summed E-state index contributed by atoms with van der Waals surface area (Å²) in [5, 5.41) is 0. The van der Waals surface area contributed by atoms with Gasteiger partial charge in [0.15, 0.2) is 0 Å². The second-order valence-electron chi connectivity index (χ2n) is 6.55. The quantitative estimate of drug-likeness (QED) is 0.703. The second-order valence-corrected chi connectivity index (χ2v) is 6.55. The van der Waals surface area contributed by atoms with Crippen molar-refractivity contribution < 1.29 is 18.0 Å². The summed E-state index contributed by atoms with van der Waals surface area (Å²) in [4.78, 5) is 12.6. The molecule has 1 nitrogen and oxygen atoms in total. The van der Waals surface area contributed by atoms with Crippen molar-refractivity contribution in [1.82, 2.24) is 0 Å². The molecule has 0 aromatic carbocycles. The van der Waals surface area contributed by atoms with Crippen LogP contribution in [0.5, 0.6) is 0 Å². The van der Waals surface area contributed by atoms with Crippen LogP contribution in [0.3, 0.4) is 0 Å². The van der Waals surface area contributed by atoms with Gasteiger partial charge in [-0.1, -0.05) is 26.2 Å². The molecule has 0 aliphatic heterocycles. The minimum Gasteiger partial charge on any atom is -0.299 e. The van der Waals surface area contributed by atoms with Gasteiger partial charge in [0.05, 0.1) is 5.92 Å². The van der Waals surface area contributed by atoms with Gasteiger partial charge in [0.1, 0.15) is 5.78 Å². The monoisotopic (exact) mass is 290 g/mol. The molecule has 0 saturated heterocycles. The zero-order valence-electron chi connectivity index (χ0n) is 12.2. The van der Waals surface area contributed by atoms with Crippen LogP contribution in [-0.2, 0) is 4.79 Å². The van der Waals surface area contributed by atoms with Crippen LogP contribution in [-0.4, -0.2) is 12.0 Å². The Morgan fingerprint density at radius 3 is 2.15 bits per heavy atom. The third kappa shape index (κ3) is 3.56. The zero-order chi connectivity index (χ0) is 14.8. The summed E-state index contributed by atoms with van der Waals surface area (Å²) in [5.41, 5.74) is 0. The Morgan fingerprint density at radius 1 is 1.00 bits per heavy atom. The minimum atomic E-state index is -4.08. The number of Topliss-reactive ketones (excluding diaryl/α,β-unsaturated/α-hetero) is 1. The highest BCUT2D eigenvalue weighted by Crippen LogP contribution is 2.42. The minimum absolute atomic E-state index is 0.106. The Balaban J connectivity index is 1.91. The largest absolute Gasteiger partial charge is 0.391 e. The maximum absolute atomic E-state index is 12.7. The van der Waals surface area contributed by atoms with Crippen molar-refractivity contribution in [3.8, 4) is 0 Å². The first kappa shape index (κ1) is 15.8. The average Bonchev–Trinajstić information content (AvgIpc) is 2.45. The maximum atomic E-state index is 12.7. The molecule has 0 radical (unpaired) electrons. The first-order valence-electron chi connectivity index (χ1n) is 8.04. The molecule has 0 bridgehead atoms. The van der Waals surface area contributed by atoms with Gasteiger partial charge in [-0.05, 0) is 44.4 Å². The van der Waals surface area contributed by atoms with E-state index < -0.39 is 12.1 Å². The number of halogens is 3. The molecule has 2 aliphatic rings. The zero-order valence-corrected chi connectivity index (χ0v) is 12.2. The summed E-state index contributed by atoms with van der Waals surface area (Å²) in [6.45, 7) is 2.12. The van der Waals surface area contributed by atoms with Gasteiger partial charge < -0.3 is 0 Å². The summed E-state index contributed by atoms with van der Waals surface area (Å²) in [7, 11) is 0. The predicted octanol–water partition coefficient (Wildman–Crippen LogP) is 5.14. The van der Waals surface area contributed by atoms with Crippen molar-refractivity contribution in [2.45, 2.75) is 70.9 Å². The van der Waals surface area contributed by atoms with Gasteiger partial charge in [0, 0.05) is 11.8 Å². The number of rotatable bonds is 3. The van der Waals surface area contributed by atoms with Crippen LogP contribution in [0.25, 0.3) is 0 Å². The summed E-state index contributed by atoms with van der Waals surface area (Å²) >= 11 is 0. The third-order valence-corrected chi connectivity index (χ3v) is 5.39. The first-order valence-corrected chi connectivity index (χ1v) is 8.04. The molecular weight excluding hydrogens is 265 g/mol. The van der Waals surface area contributed by atoms with Crippen LogP contribution < -0.4 is 0 Å². The number of hydrogen-bond donors (Lipinski definition) is 0. The summed E-state index contributed by atoms with van der Waals surface area (Å²) < 4.78 is 38.0. The van der Waals surface area contributed by atoms with E-state index >= 15 is 0 Å². The van der Waals surface area contributed by atoms with Crippen LogP contribution in [0.15, 0.2) is 0 Å². The van der Waals surface area contributed by atoms with Gasteiger partial charge in [-0.2, -0.15) is 13.2 Å². The second kappa shape index (κ2) is 6.48. The van der Waals surface area contributed by atoms with E-state index in [0.717, 1.165) is 25.7 Å². The van der Waals surface area contributed by atoms with Crippen molar-refractivity contribution >= 4 is 5.78 Å². The normalized spacial score (nSPS) is 35.8. The van der Waals surface area contributed by atoms with Gasteiger partial charge in [-0.25, -0.2) is 0 Å². The Kier molecular flexibility index (Phi) is 5.14. The number of hydrogen-bond acceptors (Lipinski definition) is 1. The van der Waals surface area contributed by atoms with E-state index in [2.05, 4.69) is 6.92 Å². The predicted molar refractivity (Wildman–Crippen MR) is 72.2 cm³/mol. The molecule has 116 valence electrons. The molecule has 0 aromatic heterocycles. The lowest BCUT2D eigenvalue weighted by atomic mass is 9.69. The average molecular weight is 290 g/mol. The van der Waals surface area contributed by atoms with Gasteiger partial charge in [-0.15, -0.1) is 0 Å². The Morgan fingerprint density at radius 2 is 1.60 bits per heavy atom. The van der Waals surface area contributed by atoms with Crippen LogP contribution in [0.4, 0.5) is 13.2 Å². The fourth-order valence-electron chi connectivity index (χ4n) is 4.08. The molecule has 0 N–H and O–H groups in total. The van der Waals surface area contributed by atoms with Crippen LogP contribution in [0.2, 0.25) is 0 Å². The molecule has 0 spiro atoms. The highest BCUT2D eigenvalue weighted by atomic mass is 19.4. The van der Waals surface area contributed by atoms with Crippen molar-refractivity contribution in [3.05, 3.63) is 0 Å². The highest BCUT2D eigenvalue weighted by Gasteiger charge is 2.43. The number of carbonyl (C=O) groups excluding carboxylic acids is 1. The molecule has 2 rings (SSSR count). The van der Waals surface area contributed by atoms with E-state index in [4.69, 9.17) is 0 Å². The lowest BCUT2D eigenvalue weighted by molar-refractivity contribution is -0.185. The maximum Gasteiger partial charge on any atom is 0.391 e. The van der Waals surface area contributed by atoms with E-state index in [0.29, 0.717) is 18.8 Å². The van der Waals surface area contributed by atoms with Gasteiger partial charge in [0.2, 0.25) is 0 Å². The van der Waals surface area contributed by atoms with Crippen molar-refractivity contribution in [2.75, 3.05) is 0 Å². The fraction of sp³-hybridized carbons (Fsp3) is 0.938. The SMILES string of the molecule is CCC1CCCCC1C(=O)C1CCC(C(F)(F)F)CC1. The van der Waals surface area contributed by atoms with Crippen molar-refractivity contribution in [2.24, 2.45) is 23.7 Å². The lowest BCUT2D eigenvalue weighted by Crippen LogP contribution is -2.36. The van der Waals surface area contributed by atoms with Crippen LogP contribution >= 0.6 is 0 Å². The lowest BCUT2D eigenvalue weighted by Gasteiger charge is -2.35. The summed E-state index contributed by atoms with van der Waals surface area (Å²) in [6.07, 6.45) is 2.48. The van der Waals surface area contributed by atoms with Crippen molar-refractivity contribution in [3.63, 3.8) is 0 Å². The Bertz CT molecular complexity index is 329. The van der Waals surface area contributed by atoms with Gasteiger partial charge in [0.25, 0.3) is 0 Å². The summed E-state index contributed by atoms with van der Waals surface area (Å²) in [6, 6.07) is 0. The molecule has 2 aliphatic carbocycles. The first-order chi connectivity index (χ1) is 9.43. The summed E-state index contributed by atoms with van der Waals surface area (Å²) in [5.74, 6) is -0.416. The van der Waals surface area contributed by atoms with Crippen LogP contribution in [0, 0.1) is 23.7 Å². The molecule has 0 amide bonds. The van der Waals surface area contributed by atoms with E-state index in [1.807, 2.05) is 0 Å². The molecule has 2 atom stereocenters. The molecule has 0 aromatic rings. The van der Waals surface area contributed by atoms with E-state index in [9.17, 15) is 18.0 Å². The van der Waals surface area contributed by atoms with E-state index in [-0.39, 0.29) is 30.5 Å². The highest BCUT2D eigenvalue weighted by molar-refractivity contribution is 5.83. The molecule has 4 heteroatoms. The van der Waals surface area contributed by atoms with E-state index in [1.54, 1.807) is 0 Å².